The van der Waals surface area contributed by atoms with E-state index in [1.54, 1.807) is 18.4 Å². The Morgan fingerprint density at radius 2 is 2.05 bits per heavy atom. The van der Waals surface area contributed by atoms with E-state index in [9.17, 15) is 4.39 Å². The molecule has 1 aromatic heterocycles. The fourth-order valence-corrected chi connectivity index (χ4v) is 2.81. The Bertz CT molecular complexity index is 567. The lowest BCUT2D eigenvalue weighted by Gasteiger charge is -2.34. The number of benzene rings is 1. The van der Waals surface area contributed by atoms with Gasteiger partial charge in [-0.05, 0) is 29.8 Å². The molecule has 5 heteroatoms. The minimum absolute atomic E-state index is 0.0230. The topological polar surface area (TPSA) is 28.4 Å². The molecule has 0 saturated carbocycles. The van der Waals surface area contributed by atoms with Crippen molar-refractivity contribution in [2.24, 2.45) is 0 Å². The van der Waals surface area contributed by atoms with Gasteiger partial charge in [0.2, 0.25) is 0 Å². The summed E-state index contributed by atoms with van der Waals surface area (Å²) in [6.45, 7) is 3.71. The van der Waals surface area contributed by atoms with Crippen LogP contribution in [0.5, 0.6) is 0 Å². The minimum Gasteiger partial charge on any atom is -0.467 e. The first-order chi connectivity index (χ1) is 9.75. The maximum absolute atomic E-state index is 13.4. The monoisotopic (exact) mass is 294 g/mol. The Labute approximate surface area is 122 Å². The van der Waals surface area contributed by atoms with Gasteiger partial charge in [-0.15, -0.1) is 0 Å². The van der Waals surface area contributed by atoms with Gasteiger partial charge in [0.25, 0.3) is 0 Å². The van der Waals surface area contributed by atoms with Gasteiger partial charge in [-0.1, -0.05) is 17.7 Å². The van der Waals surface area contributed by atoms with Crippen molar-refractivity contribution >= 4 is 11.6 Å². The lowest BCUT2D eigenvalue weighted by molar-refractivity contribution is 0.180. The van der Waals surface area contributed by atoms with Crippen LogP contribution in [0.25, 0.3) is 0 Å². The fraction of sp³-hybridized carbons (Fsp3) is 0.333. The zero-order chi connectivity index (χ0) is 13.9. The van der Waals surface area contributed by atoms with Crippen molar-refractivity contribution in [2.45, 2.75) is 6.04 Å². The van der Waals surface area contributed by atoms with Gasteiger partial charge >= 0.3 is 0 Å². The Hall–Kier alpha value is -1.36. The second-order valence-electron chi connectivity index (χ2n) is 4.88. The molecule has 0 aliphatic carbocycles. The van der Waals surface area contributed by atoms with Crippen LogP contribution in [0.2, 0.25) is 5.02 Å². The SMILES string of the molecule is Fc1ccc([C@@H](c2ccco2)N2CCNCC2)cc1Cl. The van der Waals surface area contributed by atoms with Crippen LogP contribution in [-0.2, 0) is 0 Å². The highest BCUT2D eigenvalue weighted by atomic mass is 35.5. The van der Waals surface area contributed by atoms with Crippen molar-refractivity contribution in [3.05, 3.63) is 58.8 Å². The third-order valence-electron chi connectivity index (χ3n) is 3.59. The third kappa shape index (κ3) is 2.73. The molecule has 1 aliphatic heterocycles. The van der Waals surface area contributed by atoms with E-state index in [4.69, 9.17) is 16.0 Å². The summed E-state index contributed by atoms with van der Waals surface area (Å²) in [6.07, 6.45) is 1.66. The predicted octanol–water partition coefficient (Wildman–Crippen LogP) is 3.07. The molecule has 20 heavy (non-hydrogen) atoms. The van der Waals surface area contributed by atoms with Crippen LogP contribution in [0.4, 0.5) is 4.39 Å². The quantitative estimate of drug-likeness (QED) is 0.943. The lowest BCUT2D eigenvalue weighted by Crippen LogP contribution is -2.45. The summed E-state index contributed by atoms with van der Waals surface area (Å²) >= 11 is 5.92. The first-order valence-corrected chi connectivity index (χ1v) is 7.06. The van der Waals surface area contributed by atoms with Gasteiger partial charge in [0.05, 0.1) is 17.3 Å². The van der Waals surface area contributed by atoms with E-state index in [0.717, 1.165) is 37.5 Å². The van der Waals surface area contributed by atoms with Crippen LogP contribution in [-0.4, -0.2) is 31.1 Å². The first-order valence-electron chi connectivity index (χ1n) is 6.69. The lowest BCUT2D eigenvalue weighted by atomic mass is 10.0. The van der Waals surface area contributed by atoms with E-state index in [2.05, 4.69) is 10.2 Å². The van der Waals surface area contributed by atoms with E-state index in [-0.39, 0.29) is 11.1 Å². The standard InChI is InChI=1S/C15H16ClFN2O/c16-12-10-11(3-4-13(12)17)15(14-2-1-9-20-14)19-7-5-18-6-8-19/h1-4,9-10,15,18H,5-8H2/t15-/m0/s1. The number of hydrogen-bond donors (Lipinski definition) is 1. The minimum atomic E-state index is -0.395. The van der Waals surface area contributed by atoms with Gasteiger partial charge in [-0.25, -0.2) is 4.39 Å². The van der Waals surface area contributed by atoms with Crippen molar-refractivity contribution in [1.82, 2.24) is 10.2 Å². The molecular formula is C15H16ClFN2O. The van der Waals surface area contributed by atoms with Crippen molar-refractivity contribution in [3.63, 3.8) is 0 Å². The van der Waals surface area contributed by atoms with Crippen molar-refractivity contribution in [3.8, 4) is 0 Å². The Morgan fingerprint density at radius 3 is 2.70 bits per heavy atom. The highest BCUT2D eigenvalue weighted by Gasteiger charge is 2.26. The molecular weight excluding hydrogens is 279 g/mol. The Balaban J connectivity index is 1.98. The number of rotatable bonds is 3. The molecule has 1 saturated heterocycles. The molecule has 1 atom stereocenters. The summed E-state index contributed by atoms with van der Waals surface area (Å²) in [4.78, 5) is 2.32. The van der Waals surface area contributed by atoms with Crippen LogP contribution >= 0.6 is 11.6 Å². The molecule has 0 spiro atoms. The van der Waals surface area contributed by atoms with Crippen molar-refractivity contribution in [2.75, 3.05) is 26.2 Å². The van der Waals surface area contributed by atoms with Gasteiger partial charge < -0.3 is 9.73 Å². The second kappa shape index (κ2) is 5.95. The molecule has 1 N–H and O–H groups in total. The zero-order valence-corrected chi connectivity index (χ0v) is 11.7. The van der Waals surface area contributed by atoms with Crippen molar-refractivity contribution < 1.29 is 8.81 Å². The Morgan fingerprint density at radius 1 is 1.25 bits per heavy atom. The molecule has 1 fully saturated rings. The van der Waals surface area contributed by atoms with Crippen LogP contribution in [0.15, 0.2) is 41.0 Å². The van der Waals surface area contributed by atoms with Crippen LogP contribution in [0.1, 0.15) is 17.4 Å². The first kappa shape index (κ1) is 13.6. The van der Waals surface area contributed by atoms with Crippen molar-refractivity contribution in [1.29, 1.82) is 0 Å². The number of piperazine rings is 1. The van der Waals surface area contributed by atoms with Crippen LogP contribution in [0, 0.1) is 5.82 Å². The highest BCUT2D eigenvalue weighted by Crippen LogP contribution is 2.31. The zero-order valence-electron chi connectivity index (χ0n) is 11.0. The van der Waals surface area contributed by atoms with Crippen LogP contribution < -0.4 is 5.32 Å². The molecule has 0 unspecified atom stereocenters. The summed E-state index contributed by atoms with van der Waals surface area (Å²) in [5.41, 5.74) is 0.952. The van der Waals surface area contributed by atoms with E-state index in [0.29, 0.717) is 0 Å². The number of nitrogens with one attached hydrogen (secondary N) is 1. The molecule has 3 nitrogen and oxygen atoms in total. The molecule has 2 heterocycles. The van der Waals surface area contributed by atoms with Gasteiger partial charge in [-0.3, -0.25) is 4.90 Å². The van der Waals surface area contributed by atoms with E-state index >= 15 is 0 Å². The third-order valence-corrected chi connectivity index (χ3v) is 3.88. The Kier molecular flexibility index (Phi) is 4.05. The molecule has 2 aromatic rings. The normalized spacial score (nSPS) is 18.1. The molecule has 3 rings (SSSR count). The molecule has 0 radical (unpaired) electrons. The van der Waals surface area contributed by atoms with E-state index in [1.807, 2.05) is 12.1 Å². The van der Waals surface area contributed by atoms with Crippen LogP contribution in [0.3, 0.4) is 0 Å². The van der Waals surface area contributed by atoms with Gasteiger partial charge in [-0.2, -0.15) is 0 Å². The summed E-state index contributed by atoms with van der Waals surface area (Å²) in [7, 11) is 0. The number of nitrogens with zero attached hydrogens (tertiary/aromatic N) is 1. The molecule has 1 aliphatic rings. The van der Waals surface area contributed by atoms with E-state index < -0.39 is 5.82 Å². The largest absolute Gasteiger partial charge is 0.467 e. The number of halogens is 2. The average molecular weight is 295 g/mol. The molecule has 1 aromatic carbocycles. The molecule has 106 valence electrons. The fourth-order valence-electron chi connectivity index (χ4n) is 2.62. The predicted molar refractivity (Wildman–Crippen MR) is 76.4 cm³/mol. The summed E-state index contributed by atoms with van der Waals surface area (Å²) in [5, 5.41) is 3.48. The maximum atomic E-state index is 13.4. The second-order valence-corrected chi connectivity index (χ2v) is 5.28. The molecule has 0 amide bonds. The number of furan rings is 1. The van der Waals surface area contributed by atoms with Gasteiger partial charge in [0, 0.05) is 26.2 Å². The molecule has 0 bridgehead atoms. The summed E-state index contributed by atoms with van der Waals surface area (Å²) < 4.78 is 18.9. The summed E-state index contributed by atoms with van der Waals surface area (Å²) in [6, 6.07) is 8.67. The smallest absolute Gasteiger partial charge is 0.141 e. The van der Waals surface area contributed by atoms with E-state index in [1.165, 1.54) is 6.07 Å². The highest BCUT2D eigenvalue weighted by molar-refractivity contribution is 6.30. The van der Waals surface area contributed by atoms with Gasteiger partial charge in [0.1, 0.15) is 11.6 Å². The average Bonchev–Trinajstić information content (AvgIpc) is 2.98. The number of hydrogen-bond acceptors (Lipinski definition) is 3. The van der Waals surface area contributed by atoms with Gasteiger partial charge in [0.15, 0.2) is 0 Å². The summed E-state index contributed by atoms with van der Waals surface area (Å²) in [5.74, 6) is 0.462. The maximum Gasteiger partial charge on any atom is 0.141 e.